The average molecular weight is 281 g/mol. The van der Waals surface area contributed by atoms with Crippen LogP contribution in [0.3, 0.4) is 0 Å². The van der Waals surface area contributed by atoms with Crippen molar-refractivity contribution in [3.05, 3.63) is 59.4 Å². The lowest BCUT2D eigenvalue weighted by Crippen LogP contribution is -2.03. The molecule has 2 nitrogen and oxygen atoms in total. The third-order valence-corrected chi connectivity index (χ3v) is 2.75. The molecule has 0 radical (unpaired) electrons. The van der Waals surface area contributed by atoms with Crippen molar-refractivity contribution in [2.24, 2.45) is 0 Å². The topological polar surface area (TPSA) is 21.3 Å². The summed E-state index contributed by atoms with van der Waals surface area (Å²) in [5, 5.41) is 2.97. The van der Waals surface area contributed by atoms with E-state index >= 15 is 0 Å². The smallest absolute Gasteiger partial charge is 0.387 e. The molecule has 106 valence electrons. The Labute approximate surface area is 115 Å². The molecule has 0 bridgehead atoms. The second kappa shape index (κ2) is 6.32. The Morgan fingerprint density at radius 1 is 1.10 bits per heavy atom. The molecule has 0 saturated heterocycles. The van der Waals surface area contributed by atoms with Crippen LogP contribution in [0.15, 0.2) is 42.5 Å². The van der Waals surface area contributed by atoms with E-state index in [-0.39, 0.29) is 11.6 Å². The van der Waals surface area contributed by atoms with Crippen LogP contribution in [0.2, 0.25) is 0 Å². The molecule has 2 aromatic carbocycles. The molecule has 0 atom stereocenters. The SMILES string of the molecule is Cc1ccc(F)c(NCc2ccc(OC(F)F)cc2)c1. The summed E-state index contributed by atoms with van der Waals surface area (Å²) in [4.78, 5) is 0. The number of hydrogen-bond acceptors (Lipinski definition) is 2. The number of anilines is 1. The number of rotatable bonds is 5. The van der Waals surface area contributed by atoms with Gasteiger partial charge >= 0.3 is 6.61 Å². The van der Waals surface area contributed by atoms with Crippen LogP contribution in [0, 0.1) is 12.7 Å². The highest BCUT2D eigenvalue weighted by Crippen LogP contribution is 2.18. The molecule has 0 unspecified atom stereocenters. The highest BCUT2D eigenvalue weighted by Gasteiger charge is 2.05. The Kier molecular flexibility index (Phi) is 4.50. The first-order valence-electron chi connectivity index (χ1n) is 6.08. The van der Waals surface area contributed by atoms with Gasteiger partial charge in [-0.2, -0.15) is 8.78 Å². The largest absolute Gasteiger partial charge is 0.435 e. The van der Waals surface area contributed by atoms with Gasteiger partial charge in [0.05, 0.1) is 5.69 Å². The van der Waals surface area contributed by atoms with E-state index in [2.05, 4.69) is 10.1 Å². The minimum absolute atomic E-state index is 0.102. The Bertz CT molecular complexity index is 570. The molecule has 0 amide bonds. The molecule has 0 aliphatic rings. The summed E-state index contributed by atoms with van der Waals surface area (Å²) in [6.07, 6.45) is 0. The van der Waals surface area contributed by atoms with Crippen LogP contribution < -0.4 is 10.1 Å². The molecule has 0 heterocycles. The van der Waals surface area contributed by atoms with Gasteiger partial charge in [0.15, 0.2) is 0 Å². The number of hydrogen-bond donors (Lipinski definition) is 1. The first-order chi connectivity index (χ1) is 9.54. The van der Waals surface area contributed by atoms with E-state index < -0.39 is 6.61 Å². The van der Waals surface area contributed by atoms with Gasteiger partial charge in [-0.3, -0.25) is 0 Å². The predicted molar refractivity (Wildman–Crippen MR) is 71.5 cm³/mol. The number of nitrogens with one attached hydrogen (secondary N) is 1. The fraction of sp³-hybridized carbons (Fsp3) is 0.200. The fourth-order valence-corrected chi connectivity index (χ4v) is 1.76. The molecule has 1 N–H and O–H groups in total. The van der Waals surface area contributed by atoms with E-state index in [0.29, 0.717) is 12.2 Å². The van der Waals surface area contributed by atoms with Gasteiger partial charge in [0.1, 0.15) is 11.6 Å². The number of benzene rings is 2. The standard InChI is InChI=1S/C15H14F3NO/c1-10-2-7-13(16)14(8-10)19-9-11-3-5-12(6-4-11)20-15(17)18/h2-8,15,19H,9H2,1H3. The van der Waals surface area contributed by atoms with Gasteiger partial charge in [-0.25, -0.2) is 4.39 Å². The van der Waals surface area contributed by atoms with Crippen molar-refractivity contribution in [2.75, 3.05) is 5.32 Å². The van der Waals surface area contributed by atoms with Crippen LogP contribution in [0.25, 0.3) is 0 Å². The number of alkyl halides is 2. The van der Waals surface area contributed by atoms with Gasteiger partial charge in [0.25, 0.3) is 0 Å². The van der Waals surface area contributed by atoms with Gasteiger partial charge in [0.2, 0.25) is 0 Å². The third-order valence-electron chi connectivity index (χ3n) is 2.75. The van der Waals surface area contributed by atoms with Crippen LogP contribution in [0.4, 0.5) is 18.9 Å². The summed E-state index contributed by atoms with van der Waals surface area (Å²) < 4.78 is 41.8. The van der Waals surface area contributed by atoms with E-state index in [0.717, 1.165) is 11.1 Å². The zero-order chi connectivity index (χ0) is 14.5. The van der Waals surface area contributed by atoms with Crippen LogP contribution in [0.1, 0.15) is 11.1 Å². The van der Waals surface area contributed by atoms with Crippen LogP contribution in [0.5, 0.6) is 5.75 Å². The van der Waals surface area contributed by atoms with Gasteiger partial charge < -0.3 is 10.1 Å². The number of aryl methyl sites for hydroxylation is 1. The monoisotopic (exact) mass is 281 g/mol. The summed E-state index contributed by atoms with van der Waals surface area (Å²) in [7, 11) is 0. The predicted octanol–water partition coefficient (Wildman–Crippen LogP) is 4.35. The fourth-order valence-electron chi connectivity index (χ4n) is 1.76. The molecule has 2 aromatic rings. The number of ether oxygens (including phenoxy) is 1. The van der Waals surface area contributed by atoms with Crippen molar-refractivity contribution in [3.63, 3.8) is 0 Å². The maximum atomic E-state index is 13.5. The molecule has 0 aromatic heterocycles. The zero-order valence-electron chi connectivity index (χ0n) is 10.9. The quantitative estimate of drug-likeness (QED) is 0.879. The summed E-state index contributed by atoms with van der Waals surface area (Å²) >= 11 is 0. The average Bonchev–Trinajstić information content (AvgIpc) is 2.41. The first-order valence-corrected chi connectivity index (χ1v) is 6.08. The maximum absolute atomic E-state index is 13.5. The molecule has 5 heteroatoms. The lowest BCUT2D eigenvalue weighted by Gasteiger charge is -2.09. The Balaban J connectivity index is 1.98. The summed E-state index contributed by atoms with van der Waals surface area (Å²) in [5.74, 6) is -0.223. The van der Waals surface area contributed by atoms with E-state index in [1.807, 2.05) is 6.92 Å². The molecule has 0 aliphatic heterocycles. The van der Waals surface area contributed by atoms with Gasteiger partial charge in [-0.05, 0) is 42.3 Å². The van der Waals surface area contributed by atoms with E-state index in [9.17, 15) is 13.2 Å². The van der Waals surface area contributed by atoms with Crippen molar-refractivity contribution < 1.29 is 17.9 Å². The highest BCUT2D eigenvalue weighted by molar-refractivity contribution is 5.47. The minimum atomic E-state index is -2.83. The van der Waals surface area contributed by atoms with E-state index in [4.69, 9.17) is 0 Å². The van der Waals surface area contributed by atoms with Gasteiger partial charge in [0, 0.05) is 6.54 Å². The van der Waals surface area contributed by atoms with Crippen molar-refractivity contribution in [3.8, 4) is 5.75 Å². The van der Waals surface area contributed by atoms with Crippen LogP contribution in [-0.2, 0) is 6.54 Å². The normalized spacial score (nSPS) is 10.7. The number of halogens is 3. The first kappa shape index (κ1) is 14.2. The Morgan fingerprint density at radius 2 is 1.80 bits per heavy atom. The molecule has 0 aliphatic carbocycles. The Morgan fingerprint density at radius 3 is 2.45 bits per heavy atom. The lowest BCUT2D eigenvalue weighted by atomic mass is 10.2. The summed E-state index contributed by atoms with van der Waals surface area (Å²) in [5.41, 5.74) is 2.21. The molecule has 0 saturated carbocycles. The minimum Gasteiger partial charge on any atom is -0.435 e. The van der Waals surface area contributed by atoms with Gasteiger partial charge in [-0.15, -0.1) is 0 Å². The van der Waals surface area contributed by atoms with Crippen molar-refractivity contribution >= 4 is 5.69 Å². The molecule has 0 spiro atoms. The van der Waals surface area contributed by atoms with Crippen LogP contribution >= 0.6 is 0 Å². The molecular weight excluding hydrogens is 267 g/mol. The van der Waals surface area contributed by atoms with E-state index in [1.54, 1.807) is 24.3 Å². The van der Waals surface area contributed by atoms with Crippen molar-refractivity contribution in [1.29, 1.82) is 0 Å². The third kappa shape index (κ3) is 3.91. The maximum Gasteiger partial charge on any atom is 0.387 e. The van der Waals surface area contributed by atoms with Crippen molar-refractivity contribution in [2.45, 2.75) is 20.1 Å². The molecule has 2 rings (SSSR count). The summed E-state index contributed by atoms with van der Waals surface area (Å²) in [6.45, 7) is -0.559. The lowest BCUT2D eigenvalue weighted by molar-refractivity contribution is -0.0498. The molecule has 20 heavy (non-hydrogen) atoms. The van der Waals surface area contributed by atoms with Crippen molar-refractivity contribution in [1.82, 2.24) is 0 Å². The zero-order valence-corrected chi connectivity index (χ0v) is 10.9. The Hall–Kier alpha value is -2.17. The van der Waals surface area contributed by atoms with Crippen LogP contribution in [-0.4, -0.2) is 6.61 Å². The summed E-state index contributed by atoms with van der Waals surface area (Å²) in [6, 6.07) is 11.0. The molecule has 0 fully saturated rings. The second-order valence-electron chi connectivity index (χ2n) is 4.36. The van der Waals surface area contributed by atoms with Gasteiger partial charge in [-0.1, -0.05) is 18.2 Å². The van der Waals surface area contributed by atoms with E-state index in [1.165, 1.54) is 18.2 Å². The second-order valence-corrected chi connectivity index (χ2v) is 4.36. The molecular formula is C15H14F3NO. The highest BCUT2D eigenvalue weighted by atomic mass is 19.3.